The first-order chi connectivity index (χ1) is 13.1. The number of amides is 1. The van der Waals surface area contributed by atoms with Gasteiger partial charge in [-0.15, -0.1) is 0 Å². The third-order valence-electron chi connectivity index (χ3n) is 3.48. The van der Waals surface area contributed by atoms with Gasteiger partial charge in [0.2, 0.25) is 21.9 Å². The molecule has 1 atom stereocenters. The lowest BCUT2D eigenvalue weighted by atomic mass is 10.2. The van der Waals surface area contributed by atoms with E-state index in [1.54, 1.807) is 6.07 Å². The molecule has 1 aromatic heterocycles. The van der Waals surface area contributed by atoms with Gasteiger partial charge in [0, 0.05) is 25.5 Å². The molecule has 0 aliphatic heterocycles. The second kappa shape index (κ2) is 8.97. The molecule has 1 heterocycles. The topological polar surface area (TPSA) is 113 Å². The molecule has 0 unspecified atom stereocenters. The van der Waals surface area contributed by atoms with Crippen molar-refractivity contribution in [2.24, 2.45) is 0 Å². The summed E-state index contributed by atoms with van der Waals surface area (Å²) in [5.41, 5.74) is -1.30. The number of carbonyl (C=O) groups is 1. The van der Waals surface area contributed by atoms with Crippen LogP contribution in [0, 0.1) is 0 Å². The van der Waals surface area contributed by atoms with Crippen molar-refractivity contribution in [2.75, 3.05) is 18.4 Å². The van der Waals surface area contributed by atoms with Crippen LogP contribution in [0.1, 0.15) is 12.5 Å². The zero-order valence-corrected chi connectivity index (χ0v) is 15.5. The maximum absolute atomic E-state index is 13.0. The largest absolute Gasteiger partial charge is 0.417 e. The Bertz CT molecular complexity index is 907. The molecule has 152 valence electrons. The standard InChI is InChI=1S/C16H18F3N5O3S/c1-11(14(25)20-9-10-23-15-21-7-4-8-22-15)24-28(26,27)13-6-3-2-5-12(13)16(17,18)19/h2-8,11,24H,9-10H2,1H3,(H,20,25)(H,21,22,23)/t11-/m0/s1. The molecular formula is C16H18F3N5O3S. The van der Waals surface area contributed by atoms with Gasteiger partial charge in [-0.05, 0) is 25.1 Å². The van der Waals surface area contributed by atoms with Gasteiger partial charge >= 0.3 is 6.18 Å². The first-order valence-corrected chi connectivity index (χ1v) is 9.57. The molecule has 0 saturated carbocycles. The lowest BCUT2D eigenvalue weighted by Gasteiger charge is -2.17. The Morgan fingerprint density at radius 1 is 1.11 bits per heavy atom. The summed E-state index contributed by atoms with van der Waals surface area (Å²) in [5.74, 6) is -0.335. The summed E-state index contributed by atoms with van der Waals surface area (Å²) in [5, 5.41) is 5.30. The molecule has 0 radical (unpaired) electrons. The molecule has 0 saturated heterocycles. The lowest BCUT2D eigenvalue weighted by Crippen LogP contribution is -2.46. The maximum Gasteiger partial charge on any atom is 0.417 e. The Morgan fingerprint density at radius 3 is 2.39 bits per heavy atom. The van der Waals surface area contributed by atoms with Crippen LogP contribution >= 0.6 is 0 Å². The van der Waals surface area contributed by atoms with Gasteiger partial charge in [-0.3, -0.25) is 4.79 Å². The Hall–Kier alpha value is -2.73. The molecule has 0 aliphatic carbocycles. The number of halogens is 3. The molecule has 0 spiro atoms. The molecule has 1 amide bonds. The number of aromatic nitrogens is 2. The van der Waals surface area contributed by atoms with Crippen LogP contribution in [0.2, 0.25) is 0 Å². The van der Waals surface area contributed by atoms with Gasteiger partial charge in [-0.1, -0.05) is 12.1 Å². The van der Waals surface area contributed by atoms with Gasteiger partial charge < -0.3 is 10.6 Å². The summed E-state index contributed by atoms with van der Waals surface area (Å²) in [4.78, 5) is 18.9. The number of sulfonamides is 1. The monoisotopic (exact) mass is 417 g/mol. The molecule has 2 rings (SSSR count). The van der Waals surface area contributed by atoms with Crippen LogP contribution in [0.25, 0.3) is 0 Å². The molecule has 12 heteroatoms. The summed E-state index contributed by atoms with van der Waals surface area (Å²) < 4.78 is 65.7. The van der Waals surface area contributed by atoms with E-state index in [9.17, 15) is 26.4 Å². The summed E-state index contributed by atoms with van der Waals surface area (Å²) in [7, 11) is -4.56. The average Bonchev–Trinajstić information content (AvgIpc) is 2.65. The lowest BCUT2D eigenvalue weighted by molar-refractivity contribution is -0.139. The average molecular weight is 417 g/mol. The van der Waals surface area contributed by atoms with Crippen molar-refractivity contribution in [3.05, 3.63) is 48.3 Å². The minimum absolute atomic E-state index is 0.127. The third kappa shape index (κ3) is 5.89. The van der Waals surface area contributed by atoms with Crippen molar-refractivity contribution in [3.8, 4) is 0 Å². The zero-order chi connectivity index (χ0) is 20.8. The van der Waals surface area contributed by atoms with E-state index in [4.69, 9.17) is 0 Å². The number of benzene rings is 1. The van der Waals surface area contributed by atoms with E-state index in [0.29, 0.717) is 12.0 Å². The van der Waals surface area contributed by atoms with Gasteiger partial charge in [-0.2, -0.15) is 17.9 Å². The van der Waals surface area contributed by atoms with Crippen molar-refractivity contribution >= 4 is 21.9 Å². The summed E-state index contributed by atoms with van der Waals surface area (Å²) in [6.07, 6.45) is -1.78. The normalized spacial score (nSPS) is 13.0. The van der Waals surface area contributed by atoms with Crippen LogP contribution in [-0.4, -0.2) is 43.4 Å². The minimum atomic E-state index is -4.85. The number of anilines is 1. The van der Waals surface area contributed by atoms with Crippen LogP contribution in [0.4, 0.5) is 19.1 Å². The van der Waals surface area contributed by atoms with E-state index in [1.165, 1.54) is 25.4 Å². The molecule has 8 nitrogen and oxygen atoms in total. The summed E-state index contributed by atoms with van der Waals surface area (Å²) >= 11 is 0. The van der Waals surface area contributed by atoms with Crippen LogP contribution in [0.15, 0.2) is 47.6 Å². The fourth-order valence-electron chi connectivity index (χ4n) is 2.19. The van der Waals surface area contributed by atoms with Crippen LogP contribution < -0.4 is 15.4 Å². The van der Waals surface area contributed by atoms with Gasteiger partial charge in [-0.25, -0.2) is 18.4 Å². The molecule has 3 N–H and O–H groups in total. The van der Waals surface area contributed by atoms with E-state index >= 15 is 0 Å². The Kier molecular flexibility index (Phi) is 6.91. The minimum Gasteiger partial charge on any atom is -0.353 e. The Balaban J connectivity index is 1.94. The second-order valence-corrected chi connectivity index (χ2v) is 7.31. The van der Waals surface area contributed by atoms with Gasteiger partial charge in [0.25, 0.3) is 0 Å². The highest BCUT2D eigenvalue weighted by Crippen LogP contribution is 2.33. The Labute approximate surface area is 159 Å². The van der Waals surface area contributed by atoms with Crippen LogP contribution in [0.5, 0.6) is 0 Å². The molecule has 28 heavy (non-hydrogen) atoms. The van der Waals surface area contributed by atoms with Crippen molar-refractivity contribution in [1.82, 2.24) is 20.0 Å². The summed E-state index contributed by atoms with van der Waals surface area (Å²) in [6, 6.07) is 4.11. The van der Waals surface area contributed by atoms with Gasteiger partial charge in [0.15, 0.2) is 0 Å². The smallest absolute Gasteiger partial charge is 0.353 e. The van der Waals surface area contributed by atoms with Crippen LogP contribution in [0.3, 0.4) is 0 Å². The molecule has 0 bridgehead atoms. The number of alkyl halides is 3. The zero-order valence-electron chi connectivity index (χ0n) is 14.7. The highest BCUT2D eigenvalue weighted by atomic mass is 32.2. The first kappa shape index (κ1) is 21.6. The van der Waals surface area contributed by atoms with E-state index in [-0.39, 0.29) is 13.1 Å². The molecule has 0 aliphatic rings. The fraction of sp³-hybridized carbons (Fsp3) is 0.312. The van der Waals surface area contributed by atoms with E-state index in [1.807, 2.05) is 4.72 Å². The van der Waals surface area contributed by atoms with Gasteiger partial charge in [0.05, 0.1) is 16.5 Å². The van der Waals surface area contributed by atoms with Gasteiger partial charge in [0.1, 0.15) is 0 Å². The molecule has 2 aromatic rings. The molecule has 0 fully saturated rings. The van der Waals surface area contributed by atoms with Crippen molar-refractivity contribution in [2.45, 2.75) is 24.0 Å². The number of hydrogen-bond donors (Lipinski definition) is 3. The number of nitrogens with zero attached hydrogens (tertiary/aromatic N) is 2. The molecule has 1 aromatic carbocycles. The molecular weight excluding hydrogens is 399 g/mol. The van der Waals surface area contributed by atoms with Crippen molar-refractivity contribution in [3.63, 3.8) is 0 Å². The number of hydrogen-bond acceptors (Lipinski definition) is 6. The fourth-order valence-corrected chi connectivity index (χ4v) is 3.62. The predicted molar refractivity (Wildman–Crippen MR) is 94.8 cm³/mol. The maximum atomic E-state index is 13.0. The highest BCUT2D eigenvalue weighted by molar-refractivity contribution is 7.89. The SMILES string of the molecule is C[C@H](NS(=O)(=O)c1ccccc1C(F)(F)F)C(=O)NCCNc1ncccn1. The van der Waals surface area contributed by atoms with E-state index < -0.39 is 38.6 Å². The van der Waals surface area contributed by atoms with E-state index in [2.05, 4.69) is 20.6 Å². The highest BCUT2D eigenvalue weighted by Gasteiger charge is 2.37. The van der Waals surface area contributed by atoms with Crippen LogP contribution in [-0.2, 0) is 21.0 Å². The number of rotatable bonds is 8. The van der Waals surface area contributed by atoms with Crippen molar-refractivity contribution in [1.29, 1.82) is 0 Å². The van der Waals surface area contributed by atoms with Crippen molar-refractivity contribution < 1.29 is 26.4 Å². The predicted octanol–water partition coefficient (Wildman–Crippen LogP) is 1.39. The number of nitrogens with one attached hydrogen (secondary N) is 3. The number of carbonyl (C=O) groups excluding carboxylic acids is 1. The second-order valence-electron chi connectivity index (χ2n) is 5.63. The quantitative estimate of drug-likeness (QED) is 0.560. The Morgan fingerprint density at radius 2 is 1.75 bits per heavy atom. The third-order valence-corrected chi connectivity index (χ3v) is 5.08. The van der Waals surface area contributed by atoms with E-state index in [0.717, 1.165) is 12.1 Å². The summed E-state index contributed by atoms with van der Waals surface area (Å²) in [6.45, 7) is 1.63. The first-order valence-electron chi connectivity index (χ1n) is 8.08.